The molecule has 0 aliphatic carbocycles. The first kappa shape index (κ1) is 21.9. The van der Waals surface area contributed by atoms with Gasteiger partial charge in [-0.3, -0.25) is 4.99 Å². The van der Waals surface area contributed by atoms with Crippen LogP contribution in [0.3, 0.4) is 0 Å². The van der Waals surface area contributed by atoms with E-state index in [9.17, 15) is 5.11 Å². The fourth-order valence-corrected chi connectivity index (χ4v) is 4.02. The summed E-state index contributed by atoms with van der Waals surface area (Å²) < 4.78 is 5.96. The van der Waals surface area contributed by atoms with E-state index in [2.05, 4.69) is 27.8 Å². The lowest BCUT2D eigenvalue weighted by atomic mass is 9.95. The Morgan fingerprint density at radius 3 is 2.59 bits per heavy atom. The van der Waals surface area contributed by atoms with Crippen molar-refractivity contribution in [3.8, 4) is 0 Å². The van der Waals surface area contributed by atoms with Gasteiger partial charge in [0.25, 0.3) is 0 Å². The molecule has 3 unspecified atom stereocenters. The molecule has 0 amide bonds. The molecular weight excluding hydrogens is 409 g/mol. The van der Waals surface area contributed by atoms with Crippen LogP contribution < -0.4 is 10.6 Å². The van der Waals surface area contributed by atoms with Gasteiger partial charge in [0.1, 0.15) is 0 Å². The van der Waals surface area contributed by atoms with Crippen molar-refractivity contribution in [2.24, 2.45) is 10.9 Å². The maximum atomic E-state index is 10.5. The molecule has 7 heteroatoms. The van der Waals surface area contributed by atoms with Gasteiger partial charge in [-0.05, 0) is 42.7 Å². The van der Waals surface area contributed by atoms with Crippen molar-refractivity contribution >= 4 is 29.2 Å². The lowest BCUT2D eigenvalue weighted by molar-refractivity contribution is 0.0915. The third-order valence-corrected chi connectivity index (χ3v) is 5.35. The van der Waals surface area contributed by atoms with Gasteiger partial charge in [0, 0.05) is 35.7 Å². The monoisotopic (exact) mass is 435 g/mol. The van der Waals surface area contributed by atoms with Crippen LogP contribution in [0.5, 0.6) is 0 Å². The maximum Gasteiger partial charge on any atom is 0.191 e. The molecule has 29 heavy (non-hydrogen) atoms. The predicted molar refractivity (Wildman–Crippen MR) is 119 cm³/mol. The Kier molecular flexibility index (Phi) is 8.19. The summed E-state index contributed by atoms with van der Waals surface area (Å²) in [4.78, 5) is 4.53. The second kappa shape index (κ2) is 10.8. The molecule has 1 aliphatic heterocycles. The molecule has 0 radical (unpaired) electrons. The van der Waals surface area contributed by atoms with Crippen molar-refractivity contribution in [2.45, 2.75) is 25.6 Å². The van der Waals surface area contributed by atoms with Crippen LogP contribution in [0.25, 0.3) is 0 Å². The highest BCUT2D eigenvalue weighted by Gasteiger charge is 2.29. The topological polar surface area (TPSA) is 65.9 Å². The molecule has 0 saturated carbocycles. The number of nitrogens with zero attached hydrogens (tertiary/aromatic N) is 1. The number of aliphatic hydroxyl groups is 1. The first-order valence-electron chi connectivity index (χ1n) is 9.89. The molecule has 1 aliphatic rings. The Labute approximate surface area is 182 Å². The summed E-state index contributed by atoms with van der Waals surface area (Å²) in [6.07, 6.45) is 0.301. The fraction of sp³-hybridized carbons (Fsp3) is 0.409. The molecule has 0 bridgehead atoms. The van der Waals surface area contributed by atoms with Crippen LogP contribution in [-0.2, 0) is 4.74 Å². The van der Waals surface area contributed by atoms with Gasteiger partial charge in [0.2, 0.25) is 0 Å². The maximum absolute atomic E-state index is 10.5. The zero-order chi connectivity index (χ0) is 20.6. The standard InChI is InChI=1S/C22H27Cl2N3O2/c1-2-25-22(27-14-20(28)17-10-18(23)12-19(24)11-17)26-13-16-8-9-29-21(16)15-6-4-3-5-7-15/h3-7,10-12,16,20-21,28H,2,8-9,13-14H2,1H3,(H2,25,26,27). The van der Waals surface area contributed by atoms with Crippen LogP contribution in [0, 0.1) is 5.92 Å². The highest BCUT2D eigenvalue weighted by Crippen LogP contribution is 2.33. The first-order valence-corrected chi connectivity index (χ1v) is 10.6. The van der Waals surface area contributed by atoms with Crippen LogP contribution in [0.2, 0.25) is 10.0 Å². The highest BCUT2D eigenvalue weighted by atomic mass is 35.5. The van der Waals surface area contributed by atoms with Crippen LogP contribution in [-0.4, -0.2) is 37.3 Å². The zero-order valence-electron chi connectivity index (χ0n) is 16.4. The van der Waals surface area contributed by atoms with Gasteiger partial charge in [-0.1, -0.05) is 53.5 Å². The highest BCUT2D eigenvalue weighted by molar-refractivity contribution is 6.34. The molecule has 2 aromatic carbocycles. The third kappa shape index (κ3) is 6.34. The summed E-state index contributed by atoms with van der Waals surface area (Å²) in [6, 6.07) is 15.3. The van der Waals surface area contributed by atoms with Gasteiger partial charge < -0.3 is 20.5 Å². The van der Waals surface area contributed by atoms with Gasteiger partial charge in [-0.2, -0.15) is 0 Å². The average Bonchev–Trinajstić information content (AvgIpc) is 3.18. The second-order valence-corrected chi connectivity index (χ2v) is 7.94. The molecular formula is C22H27Cl2N3O2. The minimum Gasteiger partial charge on any atom is -0.386 e. The number of aliphatic imine (C=N–C) groups is 1. The number of benzene rings is 2. The van der Waals surface area contributed by atoms with E-state index in [0.29, 0.717) is 27.5 Å². The molecule has 3 atom stereocenters. The van der Waals surface area contributed by atoms with Gasteiger partial charge in [0.15, 0.2) is 5.96 Å². The van der Waals surface area contributed by atoms with E-state index in [0.717, 1.165) is 26.1 Å². The Morgan fingerprint density at radius 1 is 1.17 bits per heavy atom. The molecule has 1 saturated heterocycles. The van der Waals surface area contributed by atoms with Crippen LogP contribution >= 0.6 is 23.2 Å². The smallest absolute Gasteiger partial charge is 0.191 e. The Balaban J connectivity index is 1.60. The molecule has 5 nitrogen and oxygen atoms in total. The minimum atomic E-state index is -0.784. The molecule has 2 aromatic rings. The number of aliphatic hydroxyl groups excluding tert-OH is 1. The average molecular weight is 436 g/mol. The summed E-state index contributed by atoms with van der Waals surface area (Å²) >= 11 is 12.1. The summed E-state index contributed by atoms with van der Waals surface area (Å²) in [5, 5.41) is 18.1. The van der Waals surface area contributed by atoms with Crippen molar-refractivity contribution in [3.05, 3.63) is 69.7 Å². The van der Waals surface area contributed by atoms with Gasteiger partial charge in [-0.15, -0.1) is 0 Å². The SMILES string of the molecule is CCNC(=NCC(O)c1cc(Cl)cc(Cl)c1)NCC1CCOC1c1ccccc1. The second-order valence-electron chi connectivity index (χ2n) is 7.07. The molecule has 156 valence electrons. The van der Waals surface area contributed by atoms with Crippen LogP contribution in [0.1, 0.15) is 36.7 Å². The van der Waals surface area contributed by atoms with Gasteiger partial charge in [0.05, 0.1) is 18.8 Å². The number of hydrogen-bond donors (Lipinski definition) is 3. The lowest BCUT2D eigenvalue weighted by Gasteiger charge is -2.21. The Hall–Kier alpha value is -1.79. The van der Waals surface area contributed by atoms with Crippen LogP contribution in [0.15, 0.2) is 53.5 Å². The molecule has 3 N–H and O–H groups in total. The summed E-state index contributed by atoms with van der Waals surface area (Å²) in [5.74, 6) is 1.02. The number of rotatable bonds is 7. The van der Waals surface area contributed by atoms with Crippen molar-refractivity contribution in [1.82, 2.24) is 10.6 Å². The molecule has 1 fully saturated rings. The van der Waals surface area contributed by atoms with E-state index >= 15 is 0 Å². The van der Waals surface area contributed by atoms with Crippen molar-refractivity contribution in [3.63, 3.8) is 0 Å². The number of halogens is 2. The normalized spacial score (nSPS) is 20.5. The van der Waals surface area contributed by atoms with E-state index in [4.69, 9.17) is 27.9 Å². The van der Waals surface area contributed by atoms with E-state index < -0.39 is 6.10 Å². The van der Waals surface area contributed by atoms with Crippen molar-refractivity contribution in [1.29, 1.82) is 0 Å². The first-order chi connectivity index (χ1) is 14.1. The summed E-state index contributed by atoms with van der Waals surface area (Å²) in [7, 11) is 0. The quantitative estimate of drug-likeness (QED) is 0.446. The van der Waals surface area contributed by atoms with Gasteiger partial charge >= 0.3 is 0 Å². The number of hydrogen-bond acceptors (Lipinski definition) is 3. The van der Waals surface area contributed by atoms with E-state index in [1.807, 2.05) is 25.1 Å². The minimum absolute atomic E-state index is 0.0887. The van der Waals surface area contributed by atoms with Gasteiger partial charge in [-0.25, -0.2) is 0 Å². The molecule has 1 heterocycles. The summed E-state index contributed by atoms with van der Waals surface area (Å²) in [6.45, 7) is 4.44. The Morgan fingerprint density at radius 2 is 1.90 bits per heavy atom. The Bertz CT molecular complexity index is 797. The van der Waals surface area contributed by atoms with E-state index in [-0.39, 0.29) is 12.6 Å². The zero-order valence-corrected chi connectivity index (χ0v) is 18.0. The number of ether oxygens (including phenoxy) is 1. The summed E-state index contributed by atoms with van der Waals surface area (Å²) in [5.41, 5.74) is 1.85. The van der Waals surface area contributed by atoms with Crippen LogP contribution in [0.4, 0.5) is 0 Å². The fourth-order valence-electron chi connectivity index (χ4n) is 3.47. The molecule has 3 rings (SSSR count). The predicted octanol–water partition coefficient (Wildman–Crippen LogP) is 4.36. The van der Waals surface area contributed by atoms with E-state index in [1.54, 1.807) is 18.2 Å². The third-order valence-electron chi connectivity index (χ3n) is 4.91. The largest absolute Gasteiger partial charge is 0.386 e. The molecule has 0 spiro atoms. The number of nitrogens with one attached hydrogen (secondary N) is 2. The lowest BCUT2D eigenvalue weighted by Crippen LogP contribution is -2.40. The van der Waals surface area contributed by atoms with Crippen molar-refractivity contribution < 1.29 is 9.84 Å². The molecule has 0 aromatic heterocycles. The number of guanidine groups is 1. The van der Waals surface area contributed by atoms with E-state index in [1.165, 1.54) is 5.56 Å². The van der Waals surface area contributed by atoms with Crippen molar-refractivity contribution in [2.75, 3.05) is 26.2 Å².